The van der Waals surface area contributed by atoms with Crippen LogP contribution in [0.2, 0.25) is 5.85 Å². The van der Waals surface area contributed by atoms with Gasteiger partial charge in [-0.05, 0) is 73.2 Å². The van der Waals surface area contributed by atoms with Crippen LogP contribution in [0.15, 0.2) is 30.3 Å². The fourth-order valence-electron chi connectivity index (χ4n) is 4.44. The minimum absolute atomic E-state index is 0.108. The SMILES string of the molecule is CC(C)c1cc(C(C)C)cc(C(C)(C)[Si](P)c2c(C(C)C)cc(C(C)C)cc2C(C)C)c1.C[C](C)(C)[Hg].C[C](C)(C)[Hg]. The van der Waals surface area contributed by atoms with E-state index in [1.165, 1.54) is 22.3 Å². The predicted octanol–water partition coefficient (Wildman–Crippen LogP) is 12.4. The van der Waals surface area contributed by atoms with E-state index in [4.69, 9.17) is 0 Å². The molecule has 0 aliphatic carbocycles. The minimum atomic E-state index is -0.953. The molecular formula is C38H66Hg2PSi. The van der Waals surface area contributed by atoms with Crippen LogP contribution in [0.1, 0.15) is 188 Å². The van der Waals surface area contributed by atoms with E-state index in [-0.39, 0.29) is 5.04 Å². The summed E-state index contributed by atoms with van der Waals surface area (Å²) in [6.07, 6.45) is 0. The van der Waals surface area contributed by atoms with Gasteiger partial charge in [0.1, 0.15) is 8.46 Å². The summed E-state index contributed by atoms with van der Waals surface area (Å²) >= 11 is 1.91. The molecule has 4 heteroatoms. The standard InChI is InChI=1S/C30H48PSi.2C4H9.2Hg/c1-18(2)23-13-24(19(3)4)15-26(14-23)30(11,12)32(31)29-27(21(7)8)16-25(20(5)6)17-28(29)22(9)10;2*1-4(2)3;;/h13-22H,31H2,1-12H3;2*1-3H3;;. The van der Waals surface area contributed by atoms with Gasteiger partial charge in [-0.3, -0.25) is 0 Å². The molecule has 0 N–H and O–H groups in total. The fourth-order valence-corrected chi connectivity index (χ4v) is 8.36. The second kappa shape index (κ2) is 17.8. The van der Waals surface area contributed by atoms with Crippen LogP contribution in [0.3, 0.4) is 0 Å². The summed E-state index contributed by atoms with van der Waals surface area (Å²) in [5, 5.41) is 1.76. The molecule has 42 heavy (non-hydrogen) atoms. The summed E-state index contributed by atoms with van der Waals surface area (Å²) in [7, 11) is 2.42. The third-order valence-corrected chi connectivity index (χ3v) is 12.9. The van der Waals surface area contributed by atoms with E-state index in [0.717, 1.165) is 52.2 Å². The second-order valence-corrected chi connectivity index (χ2v) is 37.7. The van der Waals surface area contributed by atoms with Crippen molar-refractivity contribution in [2.24, 2.45) is 0 Å². The molecule has 0 heterocycles. The fraction of sp³-hybridized carbons (Fsp3) is 0.684. The normalized spacial score (nSPS) is 12.8. The first-order chi connectivity index (χ1) is 18.7. The zero-order chi connectivity index (χ0) is 33.5. The average Bonchev–Trinajstić information content (AvgIpc) is 2.79. The van der Waals surface area contributed by atoms with Gasteiger partial charge in [0.05, 0.1) is 0 Å². The second-order valence-electron chi connectivity index (χ2n) is 16.9. The van der Waals surface area contributed by atoms with Gasteiger partial charge in [0, 0.05) is 0 Å². The Balaban J connectivity index is 0.00000144. The summed E-state index contributed by atoms with van der Waals surface area (Å²) in [6, 6.07) is 12.5. The van der Waals surface area contributed by atoms with E-state index in [2.05, 4.69) is 164 Å². The van der Waals surface area contributed by atoms with E-state index < -0.39 is 8.46 Å². The van der Waals surface area contributed by atoms with Crippen LogP contribution in [0, 0.1) is 0 Å². The van der Waals surface area contributed by atoms with Crippen molar-refractivity contribution in [3.05, 3.63) is 63.7 Å². The van der Waals surface area contributed by atoms with Crippen LogP contribution >= 0.6 is 8.79 Å². The average molecular weight is 983 g/mol. The molecular weight excluding hydrogens is 917 g/mol. The molecule has 0 amide bonds. The van der Waals surface area contributed by atoms with Gasteiger partial charge in [0.25, 0.3) is 0 Å². The first-order valence-corrected chi connectivity index (χ1v) is 25.2. The Bertz CT molecular complexity index is 1020. The van der Waals surface area contributed by atoms with Crippen LogP contribution < -0.4 is 5.19 Å². The molecule has 0 fully saturated rings. The molecule has 0 nitrogen and oxygen atoms in total. The van der Waals surface area contributed by atoms with Gasteiger partial charge in [0.15, 0.2) is 0 Å². The molecule has 0 aliphatic heterocycles. The molecule has 0 spiro atoms. The van der Waals surface area contributed by atoms with Crippen molar-refractivity contribution in [1.82, 2.24) is 0 Å². The van der Waals surface area contributed by atoms with Gasteiger partial charge in [-0.2, -0.15) is 0 Å². The maximum atomic E-state index is 3.37. The number of rotatable bonds is 8. The maximum absolute atomic E-state index is 3.37. The first-order valence-electron chi connectivity index (χ1n) is 16.3. The molecule has 0 bridgehead atoms. The molecule has 231 valence electrons. The first kappa shape index (κ1) is 43.0. The summed E-state index contributed by atoms with van der Waals surface area (Å²) in [5.41, 5.74) is 9.09. The molecule has 0 aromatic heterocycles. The Hall–Kier alpha value is 0.957. The van der Waals surface area contributed by atoms with Gasteiger partial charge in [-0.15, -0.1) is 8.79 Å². The molecule has 2 rings (SSSR count). The van der Waals surface area contributed by atoms with Gasteiger partial charge in [0.2, 0.25) is 0 Å². The molecule has 1 radical (unpaired) electrons. The number of benzene rings is 2. The molecule has 0 saturated heterocycles. The number of hydrogen-bond acceptors (Lipinski definition) is 0. The quantitative estimate of drug-likeness (QED) is 0.183. The van der Waals surface area contributed by atoms with Crippen molar-refractivity contribution in [1.29, 1.82) is 0 Å². The van der Waals surface area contributed by atoms with Gasteiger partial charge < -0.3 is 0 Å². The third-order valence-electron chi connectivity index (χ3n) is 7.11. The van der Waals surface area contributed by atoms with Crippen LogP contribution in [0.4, 0.5) is 0 Å². The molecule has 0 aliphatic rings. The van der Waals surface area contributed by atoms with E-state index >= 15 is 0 Å². The Morgan fingerprint density at radius 1 is 0.500 bits per heavy atom. The number of hydrogen-bond donors (Lipinski definition) is 0. The Morgan fingerprint density at radius 3 is 1.00 bits per heavy atom. The van der Waals surface area contributed by atoms with Gasteiger partial charge in [-0.25, -0.2) is 0 Å². The zero-order valence-corrected chi connectivity index (χ0v) is 44.4. The molecule has 2 aromatic rings. The van der Waals surface area contributed by atoms with Gasteiger partial charge >= 0.3 is 99.6 Å². The Morgan fingerprint density at radius 2 is 0.762 bits per heavy atom. The molecule has 0 saturated carbocycles. The van der Waals surface area contributed by atoms with Crippen LogP contribution in [-0.2, 0) is 57.3 Å². The van der Waals surface area contributed by atoms with Crippen molar-refractivity contribution >= 4 is 22.4 Å². The van der Waals surface area contributed by atoms with Gasteiger partial charge in [-0.1, -0.05) is 113 Å². The monoisotopic (exact) mass is 985 g/mol. The molecule has 2 aromatic carbocycles. The van der Waals surface area contributed by atoms with Crippen LogP contribution in [0.5, 0.6) is 0 Å². The zero-order valence-electron chi connectivity index (χ0n) is 31.3. The van der Waals surface area contributed by atoms with Crippen molar-refractivity contribution in [2.75, 3.05) is 0 Å². The van der Waals surface area contributed by atoms with Crippen LogP contribution in [-0.4, -0.2) is 8.46 Å². The Labute approximate surface area is 300 Å². The molecule has 1 atom stereocenters. The van der Waals surface area contributed by atoms with Crippen molar-refractivity contribution in [3.63, 3.8) is 0 Å². The van der Waals surface area contributed by atoms with Crippen LogP contribution in [0.25, 0.3) is 0 Å². The van der Waals surface area contributed by atoms with E-state index in [9.17, 15) is 0 Å². The van der Waals surface area contributed by atoms with Crippen molar-refractivity contribution in [3.8, 4) is 0 Å². The van der Waals surface area contributed by atoms with E-state index in [1.54, 1.807) is 16.3 Å². The van der Waals surface area contributed by atoms with E-state index in [0.29, 0.717) is 35.4 Å². The summed E-state index contributed by atoms with van der Waals surface area (Å²) < 4.78 is 1.39. The predicted molar refractivity (Wildman–Crippen MR) is 191 cm³/mol. The topological polar surface area (TPSA) is 0 Å². The summed E-state index contributed by atoms with van der Waals surface area (Å²) in [4.78, 5) is 0. The summed E-state index contributed by atoms with van der Waals surface area (Å²) in [6.45, 7) is 42.0. The van der Waals surface area contributed by atoms with Crippen molar-refractivity contribution in [2.45, 2.75) is 165 Å². The van der Waals surface area contributed by atoms with Crippen molar-refractivity contribution < 1.29 is 52.2 Å². The Kier molecular flexibility index (Phi) is 18.2. The molecule has 1 unspecified atom stereocenters. The van der Waals surface area contributed by atoms with E-state index in [1.807, 2.05) is 0 Å². The third kappa shape index (κ3) is 15.5. The summed E-state index contributed by atoms with van der Waals surface area (Å²) in [5.74, 6) is 2.72.